The molecule has 6 heteroatoms. The first-order chi connectivity index (χ1) is 7.71. The summed E-state index contributed by atoms with van der Waals surface area (Å²) in [6.07, 6.45) is 0. The van der Waals surface area contributed by atoms with Crippen molar-refractivity contribution in [3.63, 3.8) is 0 Å². The quantitative estimate of drug-likeness (QED) is 0.672. The van der Waals surface area contributed by atoms with Crippen LogP contribution in [0.3, 0.4) is 0 Å². The first kappa shape index (κ1) is 13.6. The fourth-order valence-corrected chi connectivity index (χ4v) is 1.57. The molecule has 1 N–H and O–H groups in total. The van der Waals surface area contributed by atoms with Gasteiger partial charge in [0.15, 0.2) is 0 Å². The number of nitrogens with zero attached hydrogens (tertiary/aromatic N) is 1. The number of nitrogens with one attached hydrogen (secondary N) is 1. The number of carbonyl (C=O) groups excluding carboxylic acids is 1. The number of hydrogen-bond acceptors (Lipinski definition) is 3. The Balaban J connectivity index is 2.92. The molecule has 5 nitrogen and oxygen atoms in total. The number of carbonyl (C=O) groups is 1. The van der Waals surface area contributed by atoms with E-state index >= 15 is 0 Å². The van der Waals surface area contributed by atoms with E-state index in [9.17, 15) is 14.9 Å². The zero-order chi connectivity index (χ0) is 13.2. The third kappa shape index (κ3) is 3.52. The third-order valence-corrected chi connectivity index (χ3v) is 2.72. The second kappa shape index (κ2) is 4.83. The maximum absolute atomic E-state index is 11.7. The van der Waals surface area contributed by atoms with Gasteiger partial charge in [0, 0.05) is 17.2 Å². The van der Waals surface area contributed by atoms with Gasteiger partial charge < -0.3 is 5.32 Å². The molecule has 1 aromatic carbocycles. The summed E-state index contributed by atoms with van der Waals surface area (Å²) in [5.74, 6) is -0.141. The molecule has 0 aliphatic rings. The van der Waals surface area contributed by atoms with Crippen molar-refractivity contribution in [2.45, 2.75) is 20.8 Å². The smallest absolute Gasteiger partial charge is 0.283 e. The number of nitro benzene ring substituents is 1. The van der Waals surface area contributed by atoms with Crippen LogP contribution >= 0.6 is 15.9 Å². The molecule has 0 heterocycles. The van der Waals surface area contributed by atoms with Gasteiger partial charge in [0.25, 0.3) is 5.69 Å². The number of amides is 1. The number of benzene rings is 1. The summed E-state index contributed by atoms with van der Waals surface area (Å²) in [4.78, 5) is 21.8. The highest BCUT2D eigenvalue weighted by Crippen LogP contribution is 2.28. The predicted octanol–water partition coefficient (Wildman–Crippen LogP) is 3.34. The molecule has 0 aliphatic carbocycles. The molecule has 0 saturated heterocycles. The van der Waals surface area contributed by atoms with Crippen LogP contribution < -0.4 is 5.32 Å². The molecule has 0 aliphatic heterocycles. The summed E-state index contributed by atoms with van der Waals surface area (Å²) in [5.41, 5.74) is -0.00463. The van der Waals surface area contributed by atoms with Gasteiger partial charge in [-0.2, -0.15) is 0 Å². The van der Waals surface area contributed by atoms with Gasteiger partial charge in [-0.25, -0.2) is 0 Å². The van der Waals surface area contributed by atoms with Gasteiger partial charge in [-0.3, -0.25) is 14.9 Å². The number of rotatable bonds is 2. The maximum atomic E-state index is 11.7. The molecule has 17 heavy (non-hydrogen) atoms. The van der Waals surface area contributed by atoms with E-state index in [1.54, 1.807) is 20.8 Å². The topological polar surface area (TPSA) is 72.2 Å². The maximum Gasteiger partial charge on any atom is 0.283 e. The molecular weight excluding hydrogens is 288 g/mol. The van der Waals surface area contributed by atoms with E-state index < -0.39 is 10.3 Å². The van der Waals surface area contributed by atoms with Gasteiger partial charge in [-0.1, -0.05) is 20.8 Å². The summed E-state index contributed by atoms with van der Waals surface area (Å²) < 4.78 is 0.342. The van der Waals surface area contributed by atoms with Gasteiger partial charge >= 0.3 is 0 Å². The van der Waals surface area contributed by atoms with Crippen LogP contribution in [0.5, 0.6) is 0 Å². The number of hydrogen-bond donors (Lipinski definition) is 1. The van der Waals surface area contributed by atoms with Crippen LogP contribution in [0.1, 0.15) is 20.8 Å². The SMILES string of the molecule is CC(C)(C)C(=O)Nc1ccc([N+](=O)[O-])c(Br)c1. The van der Waals surface area contributed by atoms with Crippen molar-refractivity contribution >= 4 is 33.2 Å². The van der Waals surface area contributed by atoms with Crippen LogP contribution in [0.15, 0.2) is 22.7 Å². The summed E-state index contributed by atoms with van der Waals surface area (Å²) in [7, 11) is 0. The Labute approximate surface area is 107 Å². The predicted molar refractivity (Wildman–Crippen MR) is 68.9 cm³/mol. The molecule has 92 valence electrons. The first-order valence-electron chi connectivity index (χ1n) is 4.97. The summed E-state index contributed by atoms with van der Waals surface area (Å²) in [6, 6.07) is 4.37. The zero-order valence-electron chi connectivity index (χ0n) is 9.78. The van der Waals surface area contributed by atoms with Crippen LogP contribution in [0, 0.1) is 15.5 Å². The number of anilines is 1. The Bertz CT molecular complexity index is 466. The molecule has 0 bridgehead atoms. The van der Waals surface area contributed by atoms with E-state index in [0.717, 1.165) is 0 Å². The molecule has 0 unspecified atom stereocenters. The molecule has 0 spiro atoms. The van der Waals surface area contributed by atoms with E-state index in [4.69, 9.17) is 0 Å². The van der Waals surface area contributed by atoms with Gasteiger partial charge in [0.2, 0.25) is 5.91 Å². The molecule has 1 rings (SSSR count). The standard InChI is InChI=1S/C11H13BrN2O3/c1-11(2,3)10(15)13-7-4-5-9(14(16)17)8(12)6-7/h4-6H,1-3H3,(H,13,15). The summed E-state index contributed by atoms with van der Waals surface area (Å²) in [5, 5.41) is 13.3. The second-order valence-electron chi connectivity index (χ2n) is 4.63. The van der Waals surface area contributed by atoms with Crippen molar-refractivity contribution in [2.75, 3.05) is 5.32 Å². The van der Waals surface area contributed by atoms with Crippen LogP contribution in [0.4, 0.5) is 11.4 Å². The summed E-state index contributed by atoms with van der Waals surface area (Å²) >= 11 is 3.10. The van der Waals surface area contributed by atoms with Crippen LogP contribution in [0.25, 0.3) is 0 Å². The van der Waals surface area contributed by atoms with Gasteiger partial charge in [0.1, 0.15) is 0 Å². The average molecular weight is 301 g/mol. The highest BCUT2D eigenvalue weighted by atomic mass is 79.9. The highest BCUT2D eigenvalue weighted by Gasteiger charge is 2.21. The molecule has 0 aromatic heterocycles. The molecule has 0 radical (unpaired) electrons. The molecular formula is C11H13BrN2O3. The van der Waals surface area contributed by atoms with E-state index in [1.165, 1.54) is 18.2 Å². The van der Waals surface area contributed by atoms with Crippen LogP contribution in [-0.4, -0.2) is 10.8 Å². The lowest BCUT2D eigenvalue weighted by Gasteiger charge is -2.17. The Morgan fingerprint density at radius 3 is 2.41 bits per heavy atom. The van der Waals surface area contributed by atoms with Gasteiger partial charge in [-0.15, -0.1) is 0 Å². The van der Waals surface area contributed by atoms with Crippen molar-refractivity contribution < 1.29 is 9.72 Å². The molecule has 1 aromatic rings. The second-order valence-corrected chi connectivity index (χ2v) is 5.48. The van der Waals surface area contributed by atoms with E-state index in [1.807, 2.05) is 0 Å². The van der Waals surface area contributed by atoms with Crippen molar-refractivity contribution in [3.05, 3.63) is 32.8 Å². The zero-order valence-corrected chi connectivity index (χ0v) is 11.4. The van der Waals surface area contributed by atoms with Crippen LogP contribution in [0.2, 0.25) is 0 Å². The van der Waals surface area contributed by atoms with Crippen molar-refractivity contribution in [3.8, 4) is 0 Å². The number of nitro groups is 1. The Morgan fingerprint density at radius 2 is 2.00 bits per heavy atom. The van der Waals surface area contributed by atoms with Crippen molar-refractivity contribution in [1.82, 2.24) is 0 Å². The fraction of sp³-hybridized carbons (Fsp3) is 0.364. The summed E-state index contributed by atoms with van der Waals surface area (Å²) in [6.45, 7) is 5.38. The average Bonchev–Trinajstić information content (AvgIpc) is 2.15. The minimum absolute atomic E-state index is 0.0289. The van der Waals surface area contributed by atoms with Crippen molar-refractivity contribution in [1.29, 1.82) is 0 Å². The lowest BCUT2D eigenvalue weighted by atomic mass is 9.95. The van der Waals surface area contributed by atoms with Gasteiger partial charge in [0.05, 0.1) is 9.40 Å². The Morgan fingerprint density at radius 1 is 1.41 bits per heavy atom. The Hall–Kier alpha value is -1.43. The van der Waals surface area contributed by atoms with Crippen molar-refractivity contribution in [2.24, 2.45) is 5.41 Å². The van der Waals surface area contributed by atoms with Crippen LogP contribution in [-0.2, 0) is 4.79 Å². The lowest BCUT2D eigenvalue weighted by Crippen LogP contribution is -2.27. The minimum Gasteiger partial charge on any atom is -0.326 e. The number of halogens is 1. The molecule has 0 fully saturated rings. The molecule has 0 atom stereocenters. The monoisotopic (exact) mass is 300 g/mol. The fourth-order valence-electron chi connectivity index (χ4n) is 1.05. The third-order valence-electron chi connectivity index (χ3n) is 2.08. The van der Waals surface area contributed by atoms with E-state index in [-0.39, 0.29) is 11.6 Å². The molecule has 0 saturated carbocycles. The minimum atomic E-state index is -0.506. The Kier molecular flexibility index (Phi) is 3.87. The van der Waals surface area contributed by atoms with E-state index in [0.29, 0.717) is 10.2 Å². The van der Waals surface area contributed by atoms with Gasteiger partial charge in [-0.05, 0) is 28.1 Å². The lowest BCUT2D eigenvalue weighted by molar-refractivity contribution is -0.385. The highest BCUT2D eigenvalue weighted by molar-refractivity contribution is 9.10. The first-order valence-corrected chi connectivity index (χ1v) is 5.76. The molecule has 1 amide bonds. The largest absolute Gasteiger partial charge is 0.326 e. The van der Waals surface area contributed by atoms with E-state index in [2.05, 4.69) is 21.2 Å². The normalized spacial score (nSPS) is 11.1.